The summed E-state index contributed by atoms with van der Waals surface area (Å²) in [6.45, 7) is 12.3. The van der Waals surface area contributed by atoms with Gasteiger partial charge in [0.2, 0.25) is 0 Å². The summed E-state index contributed by atoms with van der Waals surface area (Å²) in [7, 11) is 0. The van der Waals surface area contributed by atoms with Gasteiger partial charge in [-0.3, -0.25) is 4.90 Å². The predicted octanol–water partition coefficient (Wildman–Crippen LogP) is 2.66. The number of hydrogen-bond acceptors (Lipinski definition) is 4. The molecule has 4 heteroatoms. The Morgan fingerprint density at radius 3 is 2.94 bits per heavy atom. The lowest BCUT2D eigenvalue weighted by molar-refractivity contribution is 0.124. The number of hydrogen-bond donors (Lipinski definition) is 1. The normalized spacial score (nSPS) is 25.8. The highest BCUT2D eigenvalue weighted by atomic mass is 32.1. The largest absolute Gasteiger partial charge is 0.311 e. The topological polar surface area (TPSA) is 28.2 Å². The molecule has 0 spiro atoms. The highest BCUT2D eigenvalue weighted by Gasteiger charge is 2.25. The first kappa shape index (κ1) is 14.0. The van der Waals surface area contributed by atoms with Crippen LogP contribution in [0.15, 0.2) is 6.20 Å². The van der Waals surface area contributed by atoms with Crippen LogP contribution >= 0.6 is 11.3 Å². The first-order chi connectivity index (χ1) is 8.54. The van der Waals surface area contributed by atoms with E-state index in [0.717, 1.165) is 25.6 Å². The molecule has 1 aromatic heterocycles. The summed E-state index contributed by atoms with van der Waals surface area (Å²) >= 11 is 1.83. The number of thiazole rings is 1. The van der Waals surface area contributed by atoms with Gasteiger partial charge in [0, 0.05) is 36.2 Å². The van der Waals surface area contributed by atoms with Crippen LogP contribution < -0.4 is 5.32 Å². The molecule has 0 amide bonds. The summed E-state index contributed by atoms with van der Waals surface area (Å²) in [5.74, 6) is 0.764. The van der Waals surface area contributed by atoms with Crippen molar-refractivity contribution in [1.82, 2.24) is 15.2 Å². The second-order valence-electron chi connectivity index (χ2n) is 5.88. The Bertz CT molecular complexity index is 375. The van der Waals surface area contributed by atoms with Crippen LogP contribution in [-0.4, -0.2) is 35.1 Å². The van der Waals surface area contributed by atoms with Crippen molar-refractivity contribution in [3.8, 4) is 0 Å². The van der Waals surface area contributed by atoms with Crippen molar-refractivity contribution in [2.45, 2.75) is 52.7 Å². The lowest BCUT2D eigenvalue weighted by atomic mass is 10.0. The molecular weight excluding hydrogens is 242 g/mol. The summed E-state index contributed by atoms with van der Waals surface area (Å²) in [6.07, 6.45) is 3.25. The molecule has 18 heavy (non-hydrogen) atoms. The third kappa shape index (κ3) is 3.77. The van der Waals surface area contributed by atoms with Crippen LogP contribution in [0.2, 0.25) is 0 Å². The summed E-state index contributed by atoms with van der Waals surface area (Å²) in [6, 6.07) is 1.25. The van der Waals surface area contributed by atoms with Gasteiger partial charge in [-0.15, -0.1) is 11.3 Å². The minimum atomic E-state index is 0.609. The number of rotatable bonds is 4. The second-order valence-corrected chi connectivity index (χ2v) is 7.20. The third-order valence-corrected chi connectivity index (χ3v) is 4.44. The van der Waals surface area contributed by atoms with Gasteiger partial charge in [-0.2, -0.15) is 0 Å². The molecule has 1 aromatic rings. The molecule has 1 saturated heterocycles. The zero-order valence-electron chi connectivity index (χ0n) is 11.9. The van der Waals surface area contributed by atoms with Crippen molar-refractivity contribution in [3.05, 3.63) is 16.1 Å². The fraction of sp³-hybridized carbons (Fsp3) is 0.786. The van der Waals surface area contributed by atoms with E-state index in [2.05, 4.69) is 42.9 Å². The minimum absolute atomic E-state index is 0.609. The van der Waals surface area contributed by atoms with Gasteiger partial charge >= 0.3 is 0 Å². The molecule has 1 fully saturated rings. The highest BCUT2D eigenvalue weighted by molar-refractivity contribution is 7.11. The molecule has 3 nitrogen and oxygen atoms in total. The highest BCUT2D eigenvalue weighted by Crippen LogP contribution is 2.18. The summed E-state index contributed by atoms with van der Waals surface area (Å²) < 4.78 is 0. The zero-order chi connectivity index (χ0) is 13.1. The van der Waals surface area contributed by atoms with Crippen LogP contribution in [-0.2, 0) is 6.54 Å². The Labute approximate surface area is 115 Å². The number of piperazine rings is 1. The maximum Gasteiger partial charge on any atom is 0.107 e. The fourth-order valence-electron chi connectivity index (χ4n) is 2.59. The van der Waals surface area contributed by atoms with E-state index in [1.54, 1.807) is 0 Å². The molecule has 0 radical (unpaired) electrons. The van der Waals surface area contributed by atoms with Gasteiger partial charge in [0.15, 0.2) is 0 Å². The van der Waals surface area contributed by atoms with Crippen molar-refractivity contribution in [3.63, 3.8) is 0 Å². The molecule has 2 atom stereocenters. The van der Waals surface area contributed by atoms with E-state index < -0.39 is 0 Å². The molecular formula is C14H25N3S. The van der Waals surface area contributed by atoms with E-state index in [-0.39, 0.29) is 0 Å². The summed E-state index contributed by atoms with van der Waals surface area (Å²) in [4.78, 5) is 8.37. The van der Waals surface area contributed by atoms with Gasteiger partial charge in [0.25, 0.3) is 0 Å². The molecule has 1 N–H and O–H groups in total. The van der Waals surface area contributed by atoms with Crippen molar-refractivity contribution >= 4 is 11.3 Å². The van der Waals surface area contributed by atoms with Crippen molar-refractivity contribution in [2.75, 3.05) is 13.1 Å². The average molecular weight is 267 g/mol. The molecule has 2 heterocycles. The Morgan fingerprint density at radius 2 is 2.33 bits per heavy atom. The molecule has 0 aliphatic carbocycles. The van der Waals surface area contributed by atoms with E-state index in [0.29, 0.717) is 12.1 Å². The van der Waals surface area contributed by atoms with Crippen LogP contribution in [0.4, 0.5) is 0 Å². The summed E-state index contributed by atoms with van der Waals surface area (Å²) in [5, 5.41) is 4.92. The smallest absolute Gasteiger partial charge is 0.107 e. The third-order valence-electron chi connectivity index (χ3n) is 3.54. The second kappa shape index (κ2) is 6.13. The van der Waals surface area contributed by atoms with Gasteiger partial charge in [0.1, 0.15) is 5.01 Å². The quantitative estimate of drug-likeness (QED) is 0.909. The lowest BCUT2D eigenvalue weighted by Crippen LogP contribution is -2.55. The minimum Gasteiger partial charge on any atom is -0.311 e. The monoisotopic (exact) mass is 267 g/mol. The first-order valence-electron chi connectivity index (χ1n) is 6.93. The molecule has 1 aliphatic heterocycles. The van der Waals surface area contributed by atoms with E-state index in [1.807, 2.05) is 17.5 Å². The Kier molecular flexibility index (Phi) is 4.76. The van der Waals surface area contributed by atoms with Crippen LogP contribution in [0.25, 0.3) is 0 Å². The Balaban J connectivity index is 1.93. The van der Waals surface area contributed by atoms with Gasteiger partial charge in [-0.05, 0) is 26.2 Å². The van der Waals surface area contributed by atoms with Gasteiger partial charge in [0.05, 0.1) is 6.54 Å². The molecule has 1 aliphatic rings. The lowest BCUT2D eigenvalue weighted by Gasteiger charge is -2.39. The van der Waals surface area contributed by atoms with E-state index in [4.69, 9.17) is 0 Å². The summed E-state index contributed by atoms with van der Waals surface area (Å²) in [5.41, 5.74) is 0. The maximum atomic E-state index is 4.49. The number of nitrogens with zero attached hydrogens (tertiary/aromatic N) is 2. The van der Waals surface area contributed by atoms with Crippen molar-refractivity contribution < 1.29 is 0 Å². The fourth-order valence-corrected chi connectivity index (χ4v) is 3.40. The zero-order valence-corrected chi connectivity index (χ0v) is 12.8. The van der Waals surface area contributed by atoms with Crippen molar-refractivity contribution in [1.29, 1.82) is 0 Å². The van der Waals surface area contributed by atoms with Crippen LogP contribution in [0.1, 0.15) is 37.1 Å². The van der Waals surface area contributed by atoms with E-state index >= 15 is 0 Å². The maximum absolute atomic E-state index is 4.49. The number of aromatic nitrogens is 1. The molecule has 0 saturated carbocycles. The SMILES string of the molecule is Cc1cnc(CN2CC(CC(C)C)NCC2C)s1. The standard InChI is InChI=1S/C14H25N3S/c1-10(2)5-13-8-17(11(3)6-15-13)9-14-16-7-12(4)18-14/h7,10-11,13,15H,5-6,8-9H2,1-4H3. The van der Waals surface area contributed by atoms with Gasteiger partial charge in [-0.25, -0.2) is 4.98 Å². The van der Waals surface area contributed by atoms with E-state index in [1.165, 1.54) is 16.3 Å². The number of nitrogens with one attached hydrogen (secondary N) is 1. The Hall–Kier alpha value is -0.450. The number of aryl methyl sites for hydroxylation is 1. The molecule has 2 unspecified atom stereocenters. The van der Waals surface area contributed by atoms with Crippen molar-refractivity contribution in [2.24, 2.45) is 5.92 Å². The van der Waals surface area contributed by atoms with Crippen LogP contribution in [0, 0.1) is 12.8 Å². The predicted molar refractivity (Wildman–Crippen MR) is 78.0 cm³/mol. The Morgan fingerprint density at radius 1 is 1.56 bits per heavy atom. The van der Waals surface area contributed by atoms with Crippen LogP contribution in [0.3, 0.4) is 0 Å². The first-order valence-corrected chi connectivity index (χ1v) is 7.75. The van der Waals surface area contributed by atoms with Gasteiger partial charge in [-0.1, -0.05) is 13.8 Å². The van der Waals surface area contributed by atoms with Gasteiger partial charge < -0.3 is 5.32 Å². The molecule has 102 valence electrons. The molecule has 0 aromatic carbocycles. The van der Waals surface area contributed by atoms with E-state index in [9.17, 15) is 0 Å². The molecule has 0 bridgehead atoms. The average Bonchev–Trinajstić information content (AvgIpc) is 2.68. The molecule has 2 rings (SSSR count). The van der Waals surface area contributed by atoms with Crippen LogP contribution in [0.5, 0.6) is 0 Å².